The van der Waals surface area contributed by atoms with Crippen molar-refractivity contribution in [2.45, 2.75) is 6.10 Å². The second-order valence-electron chi connectivity index (χ2n) is 4.14. The Morgan fingerprint density at radius 3 is 2.62 bits per heavy atom. The van der Waals surface area contributed by atoms with Crippen molar-refractivity contribution in [3.05, 3.63) is 65.3 Å². The average Bonchev–Trinajstić information content (AvgIpc) is 2.53. The maximum absolute atomic E-state index is 11.7. The van der Waals surface area contributed by atoms with Gasteiger partial charge in [0, 0.05) is 17.3 Å². The zero-order valence-corrected chi connectivity index (χ0v) is 12.2. The van der Waals surface area contributed by atoms with Gasteiger partial charge in [0.15, 0.2) is 0 Å². The van der Waals surface area contributed by atoms with Gasteiger partial charge in [0.25, 0.3) is 0 Å². The van der Waals surface area contributed by atoms with Crippen LogP contribution in [0.15, 0.2) is 54.7 Å². The lowest BCUT2D eigenvalue weighted by atomic mass is 10.2. The quantitative estimate of drug-likeness (QED) is 0.795. The van der Waals surface area contributed by atoms with E-state index in [1.165, 1.54) is 7.11 Å². The third-order valence-electron chi connectivity index (χ3n) is 2.65. The van der Waals surface area contributed by atoms with Gasteiger partial charge in [-0.1, -0.05) is 35.9 Å². The van der Waals surface area contributed by atoms with E-state index >= 15 is 0 Å². The Bertz CT molecular complexity index is 611. The minimum Gasteiger partial charge on any atom is -0.466 e. The Balaban J connectivity index is 2.13. The Hall–Kier alpha value is -2.33. The Kier molecular flexibility index (Phi) is 5.35. The first-order valence-electron chi connectivity index (χ1n) is 6.28. The first-order valence-corrected chi connectivity index (χ1v) is 6.66. The fourth-order valence-corrected chi connectivity index (χ4v) is 1.73. The first-order chi connectivity index (χ1) is 10.2. The Morgan fingerprint density at radius 1 is 1.24 bits per heavy atom. The molecule has 0 fully saturated rings. The summed E-state index contributed by atoms with van der Waals surface area (Å²) in [6.45, 7) is 0. The number of nitrogens with zero attached hydrogens (tertiary/aromatic N) is 1. The summed E-state index contributed by atoms with van der Waals surface area (Å²) in [7, 11) is 1.31. The van der Waals surface area contributed by atoms with Gasteiger partial charge in [-0.05, 0) is 29.8 Å². The zero-order chi connectivity index (χ0) is 15.1. The van der Waals surface area contributed by atoms with E-state index in [9.17, 15) is 4.79 Å². The fourth-order valence-electron chi connectivity index (χ4n) is 1.60. The number of hydrogen-bond donors (Lipinski definition) is 0. The van der Waals surface area contributed by atoms with Gasteiger partial charge < -0.3 is 9.47 Å². The van der Waals surface area contributed by atoms with Gasteiger partial charge in [-0.3, -0.25) is 0 Å². The highest BCUT2D eigenvalue weighted by atomic mass is 35.5. The Morgan fingerprint density at radius 2 is 2.00 bits per heavy atom. The minimum atomic E-state index is -0.861. The van der Waals surface area contributed by atoms with Crippen LogP contribution in [-0.4, -0.2) is 24.2 Å². The van der Waals surface area contributed by atoms with Crippen LogP contribution in [0.5, 0.6) is 5.88 Å². The maximum Gasteiger partial charge on any atom is 0.351 e. The van der Waals surface area contributed by atoms with Crippen molar-refractivity contribution in [2.24, 2.45) is 0 Å². The van der Waals surface area contributed by atoms with E-state index in [-0.39, 0.29) is 0 Å². The number of halogens is 1. The predicted molar refractivity (Wildman–Crippen MR) is 81.2 cm³/mol. The van der Waals surface area contributed by atoms with Crippen molar-refractivity contribution >= 4 is 23.6 Å². The monoisotopic (exact) mass is 303 g/mol. The minimum absolute atomic E-state index is 0.355. The third-order valence-corrected chi connectivity index (χ3v) is 2.90. The molecule has 0 N–H and O–H groups in total. The summed E-state index contributed by atoms with van der Waals surface area (Å²) in [5.41, 5.74) is 0.901. The van der Waals surface area contributed by atoms with Crippen LogP contribution in [0.3, 0.4) is 0 Å². The summed E-state index contributed by atoms with van der Waals surface area (Å²) in [5.74, 6) is -0.139. The molecule has 0 saturated carbocycles. The number of carbonyl (C=O) groups is 1. The second kappa shape index (κ2) is 7.45. The number of benzene rings is 1. The van der Waals surface area contributed by atoms with Crippen LogP contribution in [0.1, 0.15) is 5.56 Å². The van der Waals surface area contributed by atoms with Gasteiger partial charge in [-0.25, -0.2) is 9.78 Å². The van der Waals surface area contributed by atoms with Crippen molar-refractivity contribution in [1.82, 2.24) is 4.98 Å². The van der Waals surface area contributed by atoms with E-state index < -0.39 is 12.1 Å². The van der Waals surface area contributed by atoms with E-state index in [1.807, 2.05) is 12.1 Å². The lowest BCUT2D eigenvalue weighted by molar-refractivity contribution is -0.146. The van der Waals surface area contributed by atoms with Crippen LogP contribution in [0.4, 0.5) is 0 Å². The molecule has 1 aromatic heterocycles. The molecule has 0 bridgehead atoms. The lowest BCUT2D eigenvalue weighted by Gasteiger charge is -2.12. The zero-order valence-electron chi connectivity index (χ0n) is 11.4. The fraction of sp³-hybridized carbons (Fsp3) is 0.125. The average molecular weight is 304 g/mol. The van der Waals surface area contributed by atoms with Crippen LogP contribution in [0.25, 0.3) is 6.08 Å². The molecule has 4 nitrogen and oxygen atoms in total. The molecule has 0 radical (unpaired) electrons. The molecule has 21 heavy (non-hydrogen) atoms. The number of aromatic nitrogens is 1. The van der Waals surface area contributed by atoms with Crippen LogP contribution in [-0.2, 0) is 9.53 Å². The number of hydrogen-bond acceptors (Lipinski definition) is 4. The molecule has 2 aromatic rings. The topological polar surface area (TPSA) is 48.4 Å². The summed E-state index contributed by atoms with van der Waals surface area (Å²) < 4.78 is 10.2. The molecule has 0 spiro atoms. The Labute approximate surface area is 128 Å². The van der Waals surface area contributed by atoms with Gasteiger partial charge in [-0.15, -0.1) is 0 Å². The SMILES string of the molecule is COC(=O)C(/C=C/c1ccc(Cl)cc1)Oc1ccccn1. The largest absolute Gasteiger partial charge is 0.466 e. The van der Waals surface area contributed by atoms with Crippen LogP contribution < -0.4 is 4.74 Å². The smallest absolute Gasteiger partial charge is 0.351 e. The molecule has 1 heterocycles. The highest BCUT2D eigenvalue weighted by Crippen LogP contribution is 2.13. The normalized spacial score (nSPS) is 12.1. The molecule has 108 valence electrons. The van der Waals surface area contributed by atoms with Gasteiger partial charge in [0.05, 0.1) is 7.11 Å². The molecule has 1 atom stereocenters. The lowest BCUT2D eigenvalue weighted by Crippen LogP contribution is -2.26. The molecule has 1 aromatic carbocycles. The van der Waals surface area contributed by atoms with Crippen molar-refractivity contribution < 1.29 is 14.3 Å². The standard InChI is InChI=1S/C16H14ClNO3/c1-20-16(19)14(21-15-4-2-3-11-18-15)10-7-12-5-8-13(17)9-6-12/h2-11,14H,1H3/b10-7+. The number of rotatable bonds is 5. The van der Waals surface area contributed by atoms with Crippen LogP contribution in [0, 0.1) is 0 Å². The van der Waals surface area contributed by atoms with Crippen molar-refractivity contribution in [3.63, 3.8) is 0 Å². The van der Waals surface area contributed by atoms with Crippen LogP contribution >= 0.6 is 11.6 Å². The van der Waals surface area contributed by atoms with Crippen molar-refractivity contribution in [3.8, 4) is 5.88 Å². The molecule has 0 aliphatic rings. The van der Waals surface area contributed by atoms with E-state index in [2.05, 4.69) is 4.98 Å². The molecule has 0 saturated heterocycles. The van der Waals surface area contributed by atoms with E-state index in [0.717, 1.165) is 5.56 Å². The molecule has 1 unspecified atom stereocenters. The van der Waals surface area contributed by atoms with Gasteiger partial charge in [0.2, 0.25) is 12.0 Å². The van der Waals surface area contributed by atoms with E-state index in [1.54, 1.807) is 48.7 Å². The molecular weight excluding hydrogens is 290 g/mol. The van der Waals surface area contributed by atoms with Crippen LogP contribution in [0.2, 0.25) is 5.02 Å². The molecule has 0 amide bonds. The number of pyridine rings is 1. The highest BCUT2D eigenvalue weighted by molar-refractivity contribution is 6.30. The number of carbonyl (C=O) groups excluding carboxylic acids is 1. The number of ether oxygens (including phenoxy) is 2. The predicted octanol–water partition coefficient (Wildman–Crippen LogP) is 3.37. The third kappa shape index (κ3) is 4.61. The number of esters is 1. The summed E-state index contributed by atoms with van der Waals surface area (Å²) in [5, 5.41) is 0.654. The van der Waals surface area contributed by atoms with E-state index in [4.69, 9.17) is 21.1 Å². The van der Waals surface area contributed by atoms with Gasteiger partial charge in [0.1, 0.15) is 0 Å². The van der Waals surface area contributed by atoms with Gasteiger partial charge >= 0.3 is 5.97 Å². The summed E-state index contributed by atoms with van der Waals surface area (Å²) in [6, 6.07) is 12.4. The molecule has 0 aliphatic carbocycles. The van der Waals surface area contributed by atoms with Crippen molar-refractivity contribution in [2.75, 3.05) is 7.11 Å². The summed E-state index contributed by atoms with van der Waals surface area (Å²) >= 11 is 5.82. The number of methoxy groups -OCH3 is 1. The second-order valence-corrected chi connectivity index (χ2v) is 4.58. The van der Waals surface area contributed by atoms with Gasteiger partial charge in [-0.2, -0.15) is 0 Å². The molecular formula is C16H14ClNO3. The maximum atomic E-state index is 11.7. The van der Waals surface area contributed by atoms with E-state index in [0.29, 0.717) is 10.9 Å². The first kappa shape index (κ1) is 15.1. The van der Waals surface area contributed by atoms with Crippen molar-refractivity contribution in [1.29, 1.82) is 0 Å². The summed E-state index contributed by atoms with van der Waals surface area (Å²) in [4.78, 5) is 15.8. The highest BCUT2D eigenvalue weighted by Gasteiger charge is 2.18. The molecule has 5 heteroatoms. The molecule has 2 rings (SSSR count). The molecule has 0 aliphatic heterocycles. The summed E-state index contributed by atoms with van der Waals surface area (Å²) in [6.07, 6.45) is 4.11.